The van der Waals surface area contributed by atoms with Crippen LogP contribution in [0.25, 0.3) is 11.3 Å². The third-order valence-corrected chi connectivity index (χ3v) is 7.41. The van der Waals surface area contributed by atoms with Crippen LogP contribution in [-0.4, -0.2) is 84.9 Å². The van der Waals surface area contributed by atoms with Gasteiger partial charge in [-0.15, -0.1) is 0 Å². The first kappa shape index (κ1) is 33.4. The first-order chi connectivity index (χ1) is 21.2. The molecule has 2 atom stereocenters. The van der Waals surface area contributed by atoms with Crippen molar-refractivity contribution in [3.05, 3.63) is 59.7 Å². The summed E-state index contributed by atoms with van der Waals surface area (Å²) < 4.78 is 85.8. The predicted octanol–water partition coefficient (Wildman–Crippen LogP) is 5.15. The van der Waals surface area contributed by atoms with E-state index >= 15 is 0 Å². The Bertz CT molecular complexity index is 1500. The molecule has 1 saturated heterocycles. The number of nitrogens with one attached hydrogen (secondary N) is 2. The minimum atomic E-state index is -5.08. The number of aliphatic carboxylic acids is 1. The fourth-order valence-corrected chi connectivity index (χ4v) is 5.12. The second kappa shape index (κ2) is 13.3. The Morgan fingerprint density at radius 3 is 2.16 bits per heavy atom. The molecule has 3 aromatic rings. The standard InChI is InChI=1S/C27H30F3N5O3.C2HF3O2/c1-31-13-16-14-34(15-16)26(36)18-6-4-17(5-7-18)21-12-25-32-20(11-24(27(28,29)30)35(25)33-21)19-8-9-22(37-2)23(10-19)38-3;3-2(4,5)1(6)7/h4-10,12,16,20,24,31-32H,11,13-15H2,1-3H3;(H,6,7). The van der Waals surface area contributed by atoms with Crippen LogP contribution in [0.3, 0.4) is 0 Å². The zero-order valence-electron chi connectivity index (χ0n) is 24.4. The van der Waals surface area contributed by atoms with E-state index in [9.17, 15) is 31.1 Å². The van der Waals surface area contributed by atoms with Crippen LogP contribution in [0.1, 0.15) is 34.4 Å². The lowest BCUT2D eigenvalue weighted by Gasteiger charge is -2.39. The molecule has 1 fully saturated rings. The summed E-state index contributed by atoms with van der Waals surface area (Å²) >= 11 is 0. The molecule has 45 heavy (non-hydrogen) atoms. The van der Waals surface area contributed by atoms with Crippen molar-refractivity contribution < 1.29 is 50.5 Å². The summed E-state index contributed by atoms with van der Waals surface area (Å²) in [4.78, 5) is 23.4. The smallest absolute Gasteiger partial charge is 0.490 e. The first-order valence-electron chi connectivity index (χ1n) is 13.6. The van der Waals surface area contributed by atoms with Crippen molar-refractivity contribution in [1.29, 1.82) is 0 Å². The van der Waals surface area contributed by atoms with Crippen molar-refractivity contribution >= 4 is 17.7 Å². The molecule has 3 N–H and O–H groups in total. The molecule has 0 aliphatic carbocycles. The molecule has 2 unspecified atom stereocenters. The highest BCUT2D eigenvalue weighted by atomic mass is 19.4. The maximum Gasteiger partial charge on any atom is 0.490 e. The molecule has 244 valence electrons. The maximum absolute atomic E-state index is 14.1. The van der Waals surface area contributed by atoms with Crippen LogP contribution in [0.15, 0.2) is 48.5 Å². The summed E-state index contributed by atoms with van der Waals surface area (Å²) in [5, 5.41) is 17.8. The van der Waals surface area contributed by atoms with Gasteiger partial charge in [-0.05, 0) is 36.9 Å². The second-order valence-corrected chi connectivity index (χ2v) is 10.5. The minimum absolute atomic E-state index is 0.0513. The number of carboxylic acid groups (broad SMARTS) is 1. The van der Waals surface area contributed by atoms with Crippen LogP contribution < -0.4 is 20.1 Å². The van der Waals surface area contributed by atoms with Gasteiger partial charge in [0, 0.05) is 49.2 Å². The second-order valence-electron chi connectivity index (χ2n) is 10.5. The number of rotatable bonds is 7. The highest BCUT2D eigenvalue weighted by Gasteiger charge is 2.46. The zero-order chi connectivity index (χ0) is 33.1. The lowest BCUT2D eigenvalue weighted by molar-refractivity contribution is -0.192. The van der Waals surface area contributed by atoms with Gasteiger partial charge in [-0.3, -0.25) is 4.79 Å². The lowest BCUT2D eigenvalue weighted by Crippen LogP contribution is -2.52. The first-order valence-corrected chi connectivity index (χ1v) is 13.6. The molecule has 3 heterocycles. The summed E-state index contributed by atoms with van der Waals surface area (Å²) in [7, 11) is 4.88. The number of ether oxygens (including phenoxy) is 2. The van der Waals surface area contributed by atoms with Crippen LogP contribution in [0.4, 0.5) is 32.2 Å². The van der Waals surface area contributed by atoms with Crippen molar-refractivity contribution in [2.24, 2.45) is 5.92 Å². The fourth-order valence-electron chi connectivity index (χ4n) is 5.12. The van der Waals surface area contributed by atoms with Crippen LogP contribution in [-0.2, 0) is 4.79 Å². The van der Waals surface area contributed by atoms with Crippen molar-refractivity contribution in [2.75, 3.05) is 46.2 Å². The average molecular weight is 644 g/mol. The number of alkyl halides is 6. The van der Waals surface area contributed by atoms with Gasteiger partial charge in [-0.2, -0.15) is 31.4 Å². The molecule has 1 aromatic heterocycles. The van der Waals surface area contributed by atoms with Crippen molar-refractivity contribution in [1.82, 2.24) is 20.0 Å². The van der Waals surface area contributed by atoms with Gasteiger partial charge in [0.05, 0.1) is 26.0 Å². The van der Waals surface area contributed by atoms with Gasteiger partial charge < -0.3 is 30.1 Å². The van der Waals surface area contributed by atoms with E-state index in [0.717, 1.165) is 11.2 Å². The Morgan fingerprint density at radius 1 is 1.00 bits per heavy atom. The molecular weight excluding hydrogens is 612 g/mol. The molecule has 0 bridgehead atoms. The molecule has 2 aromatic carbocycles. The lowest BCUT2D eigenvalue weighted by atomic mass is 9.96. The Kier molecular flexibility index (Phi) is 9.85. The van der Waals surface area contributed by atoms with Gasteiger partial charge in [0.1, 0.15) is 5.82 Å². The van der Waals surface area contributed by atoms with E-state index in [1.807, 2.05) is 7.05 Å². The molecule has 0 saturated carbocycles. The Labute approximate surface area is 253 Å². The van der Waals surface area contributed by atoms with E-state index in [0.29, 0.717) is 52.9 Å². The summed E-state index contributed by atoms with van der Waals surface area (Å²) in [5.74, 6) is -1.14. The van der Waals surface area contributed by atoms with Gasteiger partial charge in [0.15, 0.2) is 17.5 Å². The number of hydrogen-bond donors (Lipinski definition) is 3. The summed E-state index contributed by atoms with van der Waals surface area (Å²) in [6.45, 7) is 2.29. The number of carboxylic acids is 1. The number of carbonyl (C=O) groups is 2. The number of nitrogens with zero attached hydrogens (tertiary/aromatic N) is 3. The molecule has 2 aliphatic heterocycles. The monoisotopic (exact) mass is 643 g/mol. The van der Waals surface area contributed by atoms with E-state index in [1.165, 1.54) is 14.2 Å². The number of likely N-dealkylation sites (tertiary alicyclic amines) is 1. The van der Waals surface area contributed by atoms with Crippen molar-refractivity contribution in [3.8, 4) is 22.8 Å². The van der Waals surface area contributed by atoms with E-state index in [1.54, 1.807) is 53.4 Å². The normalized spacial score (nSPS) is 18.1. The van der Waals surface area contributed by atoms with Crippen LogP contribution >= 0.6 is 0 Å². The van der Waals surface area contributed by atoms with Crippen LogP contribution in [0.5, 0.6) is 11.5 Å². The van der Waals surface area contributed by atoms with Gasteiger partial charge in [-0.25, -0.2) is 9.48 Å². The third kappa shape index (κ3) is 7.61. The number of anilines is 1. The number of aromatic nitrogens is 2. The minimum Gasteiger partial charge on any atom is -0.493 e. The van der Waals surface area contributed by atoms with Gasteiger partial charge in [0.2, 0.25) is 0 Å². The average Bonchev–Trinajstić information content (AvgIpc) is 3.41. The predicted molar refractivity (Wildman–Crippen MR) is 150 cm³/mol. The van der Waals surface area contributed by atoms with Crippen LogP contribution in [0, 0.1) is 5.92 Å². The third-order valence-electron chi connectivity index (χ3n) is 7.41. The van der Waals surface area contributed by atoms with Gasteiger partial charge >= 0.3 is 18.3 Å². The Hall–Kier alpha value is -4.47. The number of benzene rings is 2. The highest BCUT2D eigenvalue weighted by molar-refractivity contribution is 5.95. The van der Waals surface area contributed by atoms with E-state index in [2.05, 4.69) is 15.7 Å². The molecular formula is C29H31F6N5O5. The van der Waals surface area contributed by atoms with E-state index in [4.69, 9.17) is 19.4 Å². The molecule has 10 nitrogen and oxygen atoms in total. The van der Waals surface area contributed by atoms with Crippen molar-refractivity contribution in [3.63, 3.8) is 0 Å². The molecule has 16 heteroatoms. The highest BCUT2D eigenvalue weighted by Crippen LogP contribution is 2.45. The van der Waals surface area contributed by atoms with Gasteiger partial charge in [0.25, 0.3) is 5.91 Å². The fraction of sp³-hybridized carbons (Fsp3) is 0.414. The van der Waals surface area contributed by atoms with E-state index < -0.39 is 30.4 Å². The molecule has 0 spiro atoms. The van der Waals surface area contributed by atoms with Gasteiger partial charge in [-0.1, -0.05) is 18.2 Å². The summed E-state index contributed by atoms with van der Waals surface area (Å²) in [6, 6.07) is 11.1. The van der Waals surface area contributed by atoms with Crippen LogP contribution in [0.2, 0.25) is 0 Å². The number of carbonyl (C=O) groups excluding carboxylic acids is 1. The molecule has 2 aliphatic rings. The molecule has 1 amide bonds. The maximum atomic E-state index is 14.1. The quantitative estimate of drug-likeness (QED) is 0.303. The SMILES string of the molecule is CNCC1CN(C(=O)c2ccc(-c3cc4n(n3)C(C(F)(F)F)CC(c3ccc(OC)c(OC)c3)N4)cc2)C1.O=C(O)C(F)(F)F. The Morgan fingerprint density at radius 2 is 1.62 bits per heavy atom. The molecule has 5 rings (SSSR count). The number of methoxy groups -OCH3 is 2. The van der Waals surface area contributed by atoms with Crippen molar-refractivity contribution in [2.45, 2.75) is 30.9 Å². The number of hydrogen-bond acceptors (Lipinski definition) is 7. The summed E-state index contributed by atoms with van der Waals surface area (Å²) in [5.41, 5.74) is 2.22. The number of amides is 1. The van der Waals surface area contributed by atoms with E-state index in [-0.39, 0.29) is 18.1 Å². The summed E-state index contributed by atoms with van der Waals surface area (Å²) in [6.07, 6.45) is -9.81. The number of fused-ring (bicyclic) bond motifs is 1. The topological polar surface area (TPSA) is 118 Å². The molecule has 0 radical (unpaired) electrons. The largest absolute Gasteiger partial charge is 0.493 e. The number of halogens is 6. The zero-order valence-corrected chi connectivity index (χ0v) is 24.4. The Balaban J connectivity index is 0.000000591.